The minimum atomic E-state index is -0.250. The zero-order valence-corrected chi connectivity index (χ0v) is 26.1. The standard InChI is InChI=1S/C33H33ClN4O3.CH5N/c1-19-22(24-14-7-15-25(29(24)34)28-17-21-11-6-13-23(21)32(36-28)41-4)12-8-16-27(19)35-31(39)26-18-37(2)33(40)38(3)30(26)20-9-5-10-20;1-2/h7-8,12,14-18H,5-6,9-11,13H2,1-4H3,(H,35,39);2H2,1H3. The number of hydrogen-bond acceptors (Lipinski definition) is 5. The summed E-state index contributed by atoms with van der Waals surface area (Å²) in [6, 6.07) is 13.7. The van der Waals surface area contributed by atoms with Crippen LogP contribution in [0, 0.1) is 6.92 Å². The van der Waals surface area contributed by atoms with Gasteiger partial charge in [0.2, 0.25) is 5.88 Å². The highest BCUT2D eigenvalue weighted by atomic mass is 35.5. The highest BCUT2D eigenvalue weighted by Crippen LogP contribution is 2.41. The molecule has 1 fully saturated rings. The third-order valence-corrected chi connectivity index (χ3v) is 8.84. The monoisotopic (exact) mass is 599 g/mol. The SMILES string of the molecule is CN.COc1nc(-c2cccc(-c3cccc(NC(=O)C4=CN(C)C(=O)N(C)C4=C4CCC4)c3C)c2Cl)cc2c1CCC2. The number of ether oxygens (including phenoxy) is 1. The summed E-state index contributed by atoms with van der Waals surface area (Å²) >= 11 is 7.07. The number of halogens is 1. The van der Waals surface area contributed by atoms with Crippen LogP contribution in [0.5, 0.6) is 5.88 Å². The Kier molecular flexibility index (Phi) is 8.89. The van der Waals surface area contributed by atoms with Crippen LogP contribution in [0.3, 0.4) is 0 Å². The second kappa shape index (κ2) is 12.6. The lowest BCUT2D eigenvalue weighted by molar-refractivity contribution is -0.112. The molecule has 6 rings (SSSR count). The minimum Gasteiger partial charge on any atom is -0.481 e. The van der Waals surface area contributed by atoms with Crippen LogP contribution in [-0.2, 0) is 17.6 Å². The Morgan fingerprint density at radius 3 is 2.37 bits per heavy atom. The number of aromatic nitrogens is 1. The lowest BCUT2D eigenvalue weighted by Crippen LogP contribution is -2.43. The van der Waals surface area contributed by atoms with Crippen molar-refractivity contribution in [3.8, 4) is 28.3 Å². The number of benzene rings is 2. The van der Waals surface area contributed by atoms with E-state index in [9.17, 15) is 9.59 Å². The van der Waals surface area contributed by atoms with Gasteiger partial charge in [0.05, 0.1) is 29.1 Å². The molecule has 2 aromatic carbocycles. The number of carbonyl (C=O) groups is 2. The topological polar surface area (TPSA) is 101 Å². The summed E-state index contributed by atoms with van der Waals surface area (Å²) in [6.07, 6.45) is 7.59. The number of methoxy groups -OCH3 is 1. The number of aryl methyl sites for hydroxylation is 1. The molecule has 0 saturated heterocycles. The molecule has 0 bridgehead atoms. The van der Waals surface area contributed by atoms with E-state index in [-0.39, 0.29) is 11.9 Å². The van der Waals surface area contributed by atoms with Crippen molar-refractivity contribution in [1.29, 1.82) is 0 Å². The molecule has 3 aromatic rings. The molecule has 1 aromatic heterocycles. The molecule has 8 nitrogen and oxygen atoms in total. The van der Waals surface area contributed by atoms with E-state index < -0.39 is 0 Å². The van der Waals surface area contributed by atoms with E-state index in [2.05, 4.69) is 17.1 Å². The number of carbonyl (C=O) groups excluding carboxylic acids is 2. The molecule has 3 amide bonds. The number of rotatable bonds is 5. The third-order valence-electron chi connectivity index (χ3n) is 8.43. The van der Waals surface area contributed by atoms with Crippen molar-refractivity contribution in [3.05, 3.63) is 87.2 Å². The number of pyridine rings is 1. The number of fused-ring (bicyclic) bond motifs is 1. The Morgan fingerprint density at radius 2 is 1.67 bits per heavy atom. The van der Waals surface area contributed by atoms with Gasteiger partial charge in [-0.3, -0.25) is 9.69 Å². The quantitative estimate of drug-likeness (QED) is 0.340. The van der Waals surface area contributed by atoms with Gasteiger partial charge in [-0.25, -0.2) is 9.78 Å². The molecular weight excluding hydrogens is 562 g/mol. The van der Waals surface area contributed by atoms with Gasteiger partial charge in [0.25, 0.3) is 5.91 Å². The van der Waals surface area contributed by atoms with Crippen LogP contribution >= 0.6 is 11.6 Å². The number of nitrogens with two attached hydrogens (primary N) is 1. The van der Waals surface area contributed by atoms with Crippen molar-refractivity contribution < 1.29 is 14.3 Å². The van der Waals surface area contributed by atoms with Crippen LogP contribution in [0.25, 0.3) is 22.4 Å². The molecule has 3 N–H and O–H groups in total. The van der Waals surface area contributed by atoms with E-state index in [1.165, 1.54) is 23.1 Å². The van der Waals surface area contributed by atoms with E-state index >= 15 is 0 Å². The van der Waals surface area contributed by atoms with Gasteiger partial charge >= 0.3 is 6.03 Å². The minimum absolute atomic E-state index is 0.154. The number of nitrogens with one attached hydrogen (secondary N) is 1. The first-order chi connectivity index (χ1) is 20.8. The maximum Gasteiger partial charge on any atom is 0.327 e. The van der Waals surface area contributed by atoms with E-state index in [1.807, 2.05) is 43.3 Å². The summed E-state index contributed by atoms with van der Waals surface area (Å²) in [4.78, 5) is 34.1. The van der Waals surface area contributed by atoms with E-state index in [0.717, 1.165) is 77.7 Å². The third kappa shape index (κ3) is 5.53. The van der Waals surface area contributed by atoms with Gasteiger partial charge in [-0.1, -0.05) is 41.9 Å². The number of likely N-dealkylation sites (N-methyl/N-ethyl adjacent to an activating group) is 1. The van der Waals surface area contributed by atoms with Crippen molar-refractivity contribution >= 4 is 29.2 Å². The Labute approximate surface area is 258 Å². The van der Waals surface area contributed by atoms with Gasteiger partial charge in [-0.05, 0) is 86.9 Å². The Morgan fingerprint density at radius 1 is 1.00 bits per heavy atom. The van der Waals surface area contributed by atoms with Gasteiger partial charge < -0.3 is 20.7 Å². The fraction of sp³-hybridized carbons (Fsp3) is 0.324. The van der Waals surface area contributed by atoms with Gasteiger partial charge in [0, 0.05) is 42.7 Å². The van der Waals surface area contributed by atoms with E-state index in [1.54, 1.807) is 32.3 Å². The molecule has 9 heteroatoms. The van der Waals surface area contributed by atoms with Crippen molar-refractivity contribution in [2.45, 2.75) is 45.4 Å². The average Bonchev–Trinajstić information content (AvgIpc) is 3.47. The lowest BCUT2D eigenvalue weighted by atomic mass is 9.87. The molecule has 1 saturated carbocycles. The second-order valence-electron chi connectivity index (χ2n) is 10.9. The van der Waals surface area contributed by atoms with Crippen molar-refractivity contribution in [2.24, 2.45) is 5.73 Å². The van der Waals surface area contributed by atoms with Gasteiger partial charge in [0.1, 0.15) is 0 Å². The molecule has 0 spiro atoms. The normalized spacial score (nSPS) is 15.8. The van der Waals surface area contributed by atoms with E-state index in [0.29, 0.717) is 22.2 Å². The predicted octanol–water partition coefficient (Wildman–Crippen LogP) is 6.71. The maximum absolute atomic E-state index is 13.7. The van der Waals surface area contributed by atoms with Gasteiger partial charge in [0.15, 0.2) is 0 Å². The number of anilines is 1. The van der Waals surface area contributed by atoms with Gasteiger partial charge in [-0.15, -0.1) is 0 Å². The fourth-order valence-electron chi connectivity index (χ4n) is 6.05. The summed E-state index contributed by atoms with van der Waals surface area (Å²) in [5, 5.41) is 3.71. The number of nitrogens with zero attached hydrogens (tertiary/aromatic N) is 3. The molecule has 0 unspecified atom stereocenters. The summed E-state index contributed by atoms with van der Waals surface area (Å²) in [6.45, 7) is 1.98. The first-order valence-electron chi connectivity index (χ1n) is 14.6. The average molecular weight is 600 g/mol. The van der Waals surface area contributed by atoms with Crippen LogP contribution in [0.4, 0.5) is 10.5 Å². The van der Waals surface area contributed by atoms with Crippen LogP contribution < -0.4 is 15.8 Å². The smallest absolute Gasteiger partial charge is 0.327 e. The molecule has 3 aliphatic rings. The highest BCUT2D eigenvalue weighted by molar-refractivity contribution is 6.36. The fourth-order valence-corrected chi connectivity index (χ4v) is 6.37. The largest absolute Gasteiger partial charge is 0.481 e. The Hall–Kier alpha value is -4.14. The number of urea groups is 1. The van der Waals surface area contributed by atoms with Crippen molar-refractivity contribution in [3.63, 3.8) is 0 Å². The van der Waals surface area contributed by atoms with Crippen molar-refractivity contribution in [2.75, 3.05) is 33.6 Å². The van der Waals surface area contributed by atoms with Crippen LogP contribution in [0.15, 0.2) is 65.5 Å². The first kappa shape index (κ1) is 30.3. The van der Waals surface area contributed by atoms with Crippen molar-refractivity contribution in [1.82, 2.24) is 14.8 Å². The summed E-state index contributed by atoms with van der Waals surface area (Å²) in [7, 11) is 6.56. The molecule has 0 atom stereocenters. The lowest BCUT2D eigenvalue weighted by Gasteiger charge is -2.35. The zero-order chi connectivity index (χ0) is 30.8. The van der Waals surface area contributed by atoms with Crippen LogP contribution in [0.2, 0.25) is 5.02 Å². The Bertz CT molecular complexity index is 1660. The molecule has 2 heterocycles. The summed E-state index contributed by atoms with van der Waals surface area (Å²) < 4.78 is 5.62. The zero-order valence-electron chi connectivity index (χ0n) is 25.4. The van der Waals surface area contributed by atoms with Crippen LogP contribution in [-0.4, -0.2) is 55.0 Å². The molecule has 2 aliphatic carbocycles. The molecular formula is C34H38ClN5O3. The summed E-state index contributed by atoms with van der Waals surface area (Å²) in [5.74, 6) is 0.420. The maximum atomic E-state index is 13.7. The molecule has 224 valence electrons. The van der Waals surface area contributed by atoms with Crippen LogP contribution in [0.1, 0.15) is 42.4 Å². The number of allylic oxidation sites excluding steroid dienone is 1. The van der Waals surface area contributed by atoms with E-state index in [4.69, 9.17) is 21.3 Å². The summed E-state index contributed by atoms with van der Waals surface area (Å²) in [5.41, 5.74) is 14.3. The predicted molar refractivity (Wildman–Crippen MR) is 172 cm³/mol. The second-order valence-corrected chi connectivity index (χ2v) is 11.3. The molecule has 43 heavy (non-hydrogen) atoms. The Balaban J connectivity index is 0.00000180. The first-order valence-corrected chi connectivity index (χ1v) is 15.0. The molecule has 1 aliphatic heterocycles. The van der Waals surface area contributed by atoms with Gasteiger partial charge in [-0.2, -0.15) is 0 Å². The highest BCUT2D eigenvalue weighted by Gasteiger charge is 2.33. The number of hydrogen-bond donors (Lipinski definition) is 2. The molecule has 0 radical (unpaired) electrons. The number of amides is 3.